The van der Waals surface area contributed by atoms with Gasteiger partial charge in [0.1, 0.15) is 0 Å². The van der Waals surface area contributed by atoms with Crippen LogP contribution in [0, 0.1) is 0 Å². The van der Waals surface area contributed by atoms with Crippen molar-refractivity contribution in [3.8, 4) is 0 Å². The summed E-state index contributed by atoms with van der Waals surface area (Å²) in [7, 11) is 0. The zero-order valence-electron chi connectivity index (χ0n) is 9.02. The predicted octanol–water partition coefficient (Wildman–Crippen LogP) is 3.09. The number of rotatable bonds is 3. The summed E-state index contributed by atoms with van der Waals surface area (Å²) in [5, 5.41) is 9.62. The van der Waals surface area contributed by atoms with Gasteiger partial charge in [-0.05, 0) is 43.2 Å². The molecule has 1 heteroatoms. The summed E-state index contributed by atoms with van der Waals surface area (Å²) in [6.45, 7) is 0. The van der Waals surface area contributed by atoms with E-state index in [1.54, 1.807) is 0 Å². The molecule has 0 radical (unpaired) electrons. The molecule has 1 aromatic rings. The van der Waals surface area contributed by atoms with Gasteiger partial charge in [-0.15, -0.1) is 0 Å². The van der Waals surface area contributed by atoms with E-state index in [0.29, 0.717) is 0 Å². The maximum Gasteiger partial charge on any atom is 0.0750 e. The number of aryl methyl sites for hydroxylation is 1. The maximum atomic E-state index is 9.62. The molecule has 0 heterocycles. The Morgan fingerprint density at radius 1 is 1.27 bits per heavy atom. The fourth-order valence-corrected chi connectivity index (χ4v) is 2.16. The molecule has 0 unspecified atom stereocenters. The Balaban J connectivity index is 1.84. The fourth-order valence-electron chi connectivity index (χ4n) is 2.16. The molecule has 0 saturated heterocycles. The van der Waals surface area contributed by atoms with Crippen molar-refractivity contribution in [2.24, 2.45) is 0 Å². The lowest BCUT2D eigenvalue weighted by molar-refractivity contribution is 0.217. The van der Waals surface area contributed by atoms with Gasteiger partial charge < -0.3 is 5.11 Å². The number of hydrogen-bond acceptors (Lipinski definition) is 1. The molecule has 1 fully saturated rings. The van der Waals surface area contributed by atoms with Gasteiger partial charge >= 0.3 is 0 Å². The smallest absolute Gasteiger partial charge is 0.0750 e. The van der Waals surface area contributed by atoms with Crippen LogP contribution in [-0.2, 0) is 6.42 Å². The van der Waals surface area contributed by atoms with Crippen LogP contribution in [0.25, 0.3) is 0 Å². The van der Waals surface area contributed by atoms with E-state index in [2.05, 4.69) is 30.3 Å². The van der Waals surface area contributed by atoms with Crippen molar-refractivity contribution in [3.63, 3.8) is 0 Å². The zero-order chi connectivity index (χ0) is 10.5. The Labute approximate surface area is 91.4 Å². The van der Waals surface area contributed by atoms with Gasteiger partial charge in [0.05, 0.1) is 6.10 Å². The highest BCUT2D eigenvalue weighted by Gasteiger charge is 2.16. The van der Waals surface area contributed by atoms with Gasteiger partial charge in [-0.3, -0.25) is 0 Å². The van der Waals surface area contributed by atoms with E-state index in [1.165, 1.54) is 11.1 Å². The minimum atomic E-state index is -0.152. The topological polar surface area (TPSA) is 20.2 Å². The number of benzene rings is 1. The molecular weight excluding hydrogens is 184 g/mol. The minimum absolute atomic E-state index is 0.152. The van der Waals surface area contributed by atoms with E-state index in [9.17, 15) is 5.11 Å². The summed E-state index contributed by atoms with van der Waals surface area (Å²) in [6, 6.07) is 10.5. The fraction of sp³-hybridized carbons (Fsp3) is 0.429. The molecule has 1 atom stereocenters. The van der Waals surface area contributed by atoms with Gasteiger partial charge in [-0.2, -0.15) is 0 Å². The average molecular weight is 202 g/mol. The SMILES string of the molecule is O[C@@H]1CCC/C1=C\CCc1ccccc1. The lowest BCUT2D eigenvalue weighted by Gasteiger charge is -2.03. The Morgan fingerprint density at radius 2 is 2.07 bits per heavy atom. The average Bonchev–Trinajstić information content (AvgIpc) is 2.66. The third-order valence-electron chi connectivity index (χ3n) is 3.05. The zero-order valence-corrected chi connectivity index (χ0v) is 9.02. The van der Waals surface area contributed by atoms with Gasteiger partial charge in [-0.25, -0.2) is 0 Å². The second kappa shape index (κ2) is 5.13. The van der Waals surface area contributed by atoms with Crippen LogP contribution in [0.4, 0.5) is 0 Å². The van der Waals surface area contributed by atoms with E-state index in [1.807, 2.05) is 6.07 Å². The molecule has 0 aromatic heterocycles. The molecule has 0 bridgehead atoms. The lowest BCUT2D eigenvalue weighted by atomic mass is 10.1. The molecule has 15 heavy (non-hydrogen) atoms. The van der Waals surface area contributed by atoms with E-state index in [4.69, 9.17) is 0 Å². The summed E-state index contributed by atoms with van der Waals surface area (Å²) >= 11 is 0. The highest BCUT2D eigenvalue weighted by molar-refractivity contribution is 5.17. The first-order valence-corrected chi connectivity index (χ1v) is 5.77. The van der Waals surface area contributed by atoms with E-state index in [-0.39, 0.29) is 6.10 Å². The maximum absolute atomic E-state index is 9.62. The van der Waals surface area contributed by atoms with Crippen molar-refractivity contribution in [1.82, 2.24) is 0 Å². The van der Waals surface area contributed by atoms with Gasteiger partial charge in [0.2, 0.25) is 0 Å². The number of aliphatic hydroxyl groups is 1. The van der Waals surface area contributed by atoms with Gasteiger partial charge in [-0.1, -0.05) is 36.4 Å². The number of aliphatic hydroxyl groups excluding tert-OH is 1. The first-order chi connectivity index (χ1) is 7.36. The molecule has 2 rings (SSSR count). The first kappa shape index (κ1) is 10.4. The van der Waals surface area contributed by atoms with E-state index >= 15 is 0 Å². The molecule has 1 aliphatic carbocycles. The predicted molar refractivity (Wildman–Crippen MR) is 62.7 cm³/mol. The highest BCUT2D eigenvalue weighted by Crippen LogP contribution is 2.25. The lowest BCUT2D eigenvalue weighted by Crippen LogP contribution is -2.01. The molecule has 0 amide bonds. The normalized spacial score (nSPS) is 23.5. The quantitative estimate of drug-likeness (QED) is 0.747. The molecule has 1 N–H and O–H groups in total. The van der Waals surface area contributed by atoms with E-state index in [0.717, 1.165) is 32.1 Å². The molecule has 0 spiro atoms. The Hall–Kier alpha value is -1.08. The van der Waals surface area contributed by atoms with Gasteiger partial charge in [0.15, 0.2) is 0 Å². The Kier molecular flexibility index (Phi) is 3.57. The molecular formula is C14H18O. The van der Waals surface area contributed by atoms with Crippen LogP contribution in [0.1, 0.15) is 31.2 Å². The Morgan fingerprint density at radius 3 is 2.73 bits per heavy atom. The summed E-state index contributed by atoms with van der Waals surface area (Å²) in [6.07, 6.45) is 7.41. The van der Waals surface area contributed by atoms with Crippen LogP contribution in [-0.4, -0.2) is 11.2 Å². The summed E-state index contributed by atoms with van der Waals surface area (Å²) in [4.78, 5) is 0. The summed E-state index contributed by atoms with van der Waals surface area (Å²) in [5.41, 5.74) is 2.63. The monoisotopic (exact) mass is 202 g/mol. The van der Waals surface area contributed by atoms with Crippen molar-refractivity contribution < 1.29 is 5.11 Å². The molecule has 1 saturated carbocycles. The van der Waals surface area contributed by atoms with Crippen molar-refractivity contribution in [3.05, 3.63) is 47.5 Å². The molecule has 1 aromatic carbocycles. The third-order valence-corrected chi connectivity index (χ3v) is 3.05. The second-order valence-corrected chi connectivity index (χ2v) is 4.21. The van der Waals surface area contributed by atoms with Crippen LogP contribution in [0.15, 0.2) is 42.0 Å². The standard InChI is InChI=1S/C14H18O/c15-14-11-5-10-13(14)9-4-8-12-6-2-1-3-7-12/h1-3,6-7,9,14-15H,4-5,8,10-11H2/b13-9+/t14-/m1/s1. The number of hydrogen-bond donors (Lipinski definition) is 1. The van der Waals surface area contributed by atoms with Crippen molar-refractivity contribution in [2.45, 2.75) is 38.2 Å². The van der Waals surface area contributed by atoms with Gasteiger partial charge in [0.25, 0.3) is 0 Å². The third kappa shape index (κ3) is 2.93. The van der Waals surface area contributed by atoms with Crippen molar-refractivity contribution >= 4 is 0 Å². The minimum Gasteiger partial charge on any atom is -0.389 e. The first-order valence-electron chi connectivity index (χ1n) is 5.77. The van der Waals surface area contributed by atoms with Crippen LogP contribution >= 0.6 is 0 Å². The highest BCUT2D eigenvalue weighted by atomic mass is 16.3. The summed E-state index contributed by atoms with van der Waals surface area (Å²) in [5.74, 6) is 0. The summed E-state index contributed by atoms with van der Waals surface area (Å²) < 4.78 is 0. The van der Waals surface area contributed by atoms with Crippen LogP contribution in [0.2, 0.25) is 0 Å². The number of allylic oxidation sites excluding steroid dienone is 1. The molecule has 1 nitrogen and oxygen atoms in total. The molecule has 80 valence electrons. The van der Waals surface area contributed by atoms with Crippen LogP contribution in [0.3, 0.4) is 0 Å². The van der Waals surface area contributed by atoms with Gasteiger partial charge in [0, 0.05) is 0 Å². The molecule has 0 aliphatic heterocycles. The largest absolute Gasteiger partial charge is 0.389 e. The Bertz CT molecular complexity index is 326. The second-order valence-electron chi connectivity index (χ2n) is 4.21. The van der Waals surface area contributed by atoms with Crippen molar-refractivity contribution in [2.75, 3.05) is 0 Å². The van der Waals surface area contributed by atoms with Crippen molar-refractivity contribution in [1.29, 1.82) is 0 Å². The van der Waals surface area contributed by atoms with E-state index < -0.39 is 0 Å². The van der Waals surface area contributed by atoms with Crippen LogP contribution < -0.4 is 0 Å². The van der Waals surface area contributed by atoms with Crippen LogP contribution in [0.5, 0.6) is 0 Å². The molecule has 1 aliphatic rings.